The molecule has 0 aliphatic heterocycles. The van der Waals surface area contributed by atoms with Crippen LogP contribution in [0.2, 0.25) is 0 Å². The van der Waals surface area contributed by atoms with E-state index < -0.39 is 0 Å². The molecule has 0 atom stereocenters. The normalized spacial score (nSPS) is 10.3. The van der Waals surface area contributed by atoms with Gasteiger partial charge in [-0.2, -0.15) is 0 Å². The summed E-state index contributed by atoms with van der Waals surface area (Å²) >= 11 is 3.40. The molecule has 1 heterocycles. The second kappa shape index (κ2) is 5.29. The van der Waals surface area contributed by atoms with Gasteiger partial charge in [-0.05, 0) is 52.2 Å². The van der Waals surface area contributed by atoms with Gasteiger partial charge in [0.15, 0.2) is 0 Å². The van der Waals surface area contributed by atoms with Crippen LogP contribution in [-0.2, 0) is 6.61 Å². The molecule has 17 heavy (non-hydrogen) atoms. The van der Waals surface area contributed by atoms with E-state index in [0.717, 1.165) is 15.6 Å². The first kappa shape index (κ1) is 12.1. The van der Waals surface area contributed by atoms with Gasteiger partial charge in [0.2, 0.25) is 5.88 Å². The molecule has 0 unspecified atom stereocenters. The minimum atomic E-state index is -0.000302. The Bertz CT molecular complexity index is 529. The molecule has 0 amide bonds. The summed E-state index contributed by atoms with van der Waals surface area (Å²) in [6.45, 7) is 1.97. The number of benzene rings is 1. The third kappa shape index (κ3) is 3.05. The number of nitrogens with zero attached hydrogens (tertiary/aromatic N) is 1. The Morgan fingerprint density at radius 3 is 2.88 bits per heavy atom. The van der Waals surface area contributed by atoms with Crippen LogP contribution in [0.1, 0.15) is 11.1 Å². The molecule has 0 aliphatic rings. The van der Waals surface area contributed by atoms with Crippen molar-refractivity contribution in [2.45, 2.75) is 13.5 Å². The number of aryl methyl sites for hydroxylation is 1. The summed E-state index contributed by atoms with van der Waals surface area (Å²) in [4.78, 5) is 4.20. The number of pyridine rings is 1. The number of halogens is 1. The summed E-state index contributed by atoms with van der Waals surface area (Å²) < 4.78 is 6.45. The number of ether oxygens (including phenoxy) is 1. The molecular weight excluding hydrogens is 282 g/mol. The molecule has 2 rings (SSSR count). The SMILES string of the molecule is Cc1cnc(Oc2cccc(CO)c2)c(Br)c1. The molecule has 0 spiro atoms. The van der Waals surface area contributed by atoms with Crippen LogP contribution in [0.15, 0.2) is 41.0 Å². The van der Waals surface area contributed by atoms with Crippen LogP contribution in [0.4, 0.5) is 0 Å². The van der Waals surface area contributed by atoms with Crippen molar-refractivity contribution in [1.29, 1.82) is 0 Å². The molecule has 1 aromatic carbocycles. The number of rotatable bonds is 3. The Morgan fingerprint density at radius 1 is 1.35 bits per heavy atom. The van der Waals surface area contributed by atoms with Crippen LogP contribution >= 0.6 is 15.9 Å². The van der Waals surface area contributed by atoms with E-state index in [1.165, 1.54) is 0 Å². The number of aliphatic hydroxyl groups is 1. The topological polar surface area (TPSA) is 42.4 Å². The molecule has 0 saturated carbocycles. The second-order valence-electron chi connectivity index (χ2n) is 3.71. The third-order valence-electron chi connectivity index (χ3n) is 2.24. The van der Waals surface area contributed by atoms with E-state index in [2.05, 4.69) is 20.9 Å². The molecule has 0 fully saturated rings. The van der Waals surface area contributed by atoms with Crippen LogP contribution in [0.25, 0.3) is 0 Å². The van der Waals surface area contributed by atoms with Gasteiger partial charge in [-0.3, -0.25) is 0 Å². The summed E-state index contributed by atoms with van der Waals surface area (Å²) in [6, 6.07) is 9.23. The molecule has 2 aromatic rings. The zero-order chi connectivity index (χ0) is 12.3. The highest BCUT2D eigenvalue weighted by molar-refractivity contribution is 9.10. The minimum absolute atomic E-state index is 0.000302. The van der Waals surface area contributed by atoms with Gasteiger partial charge < -0.3 is 9.84 Å². The maximum atomic E-state index is 9.04. The van der Waals surface area contributed by atoms with Crippen LogP contribution < -0.4 is 4.74 Å². The first-order chi connectivity index (χ1) is 8.19. The Morgan fingerprint density at radius 2 is 2.18 bits per heavy atom. The van der Waals surface area contributed by atoms with Crippen molar-refractivity contribution in [1.82, 2.24) is 4.98 Å². The molecular formula is C13H12BrNO2. The molecule has 1 aromatic heterocycles. The monoisotopic (exact) mass is 293 g/mol. The van der Waals surface area contributed by atoms with Crippen LogP contribution in [0.5, 0.6) is 11.6 Å². The van der Waals surface area contributed by atoms with Crippen LogP contribution in [-0.4, -0.2) is 10.1 Å². The molecule has 0 bridgehead atoms. The predicted octanol–water partition coefficient (Wildman–Crippen LogP) is 3.44. The second-order valence-corrected chi connectivity index (χ2v) is 4.56. The fraction of sp³-hybridized carbons (Fsp3) is 0.154. The quantitative estimate of drug-likeness (QED) is 0.943. The number of aromatic nitrogens is 1. The van der Waals surface area contributed by atoms with Gasteiger partial charge in [0, 0.05) is 6.20 Å². The van der Waals surface area contributed by atoms with Gasteiger partial charge in [-0.15, -0.1) is 0 Å². The van der Waals surface area contributed by atoms with E-state index in [4.69, 9.17) is 9.84 Å². The third-order valence-corrected chi connectivity index (χ3v) is 2.81. The van der Waals surface area contributed by atoms with Gasteiger partial charge in [0.05, 0.1) is 11.1 Å². The summed E-state index contributed by atoms with van der Waals surface area (Å²) in [6.07, 6.45) is 1.75. The Hall–Kier alpha value is -1.39. The average Bonchev–Trinajstić information content (AvgIpc) is 2.33. The van der Waals surface area contributed by atoms with Gasteiger partial charge in [0.1, 0.15) is 5.75 Å². The fourth-order valence-corrected chi connectivity index (χ4v) is 1.96. The highest BCUT2D eigenvalue weighted by atomic mass is 79.9. The fourth-order valence-electron chi connectivity index (χ4n) is 1.42. The van der Waals surface area contributed by atoms with E-state index >= 15 is 0 Å². The zero-order valence-electron chi connectivity index (χ0n) is 9.35. The number of hydrogen-bond acceptors (Lipinski definition) is 3. The van der Waals surface area contributed by atoms with Crippen molar-refractivity contribution in [3.8, 4) is 11.6 Å². The van der Waals surface area contributed by atoms with E-state index in [1.54, 1.807) is 12.3 Å². The van der Waals surface area contributed by atoms with Crippen LogP contribution in [0, 0.1) is 6.92 Å². The van der Waals surface area contributed by atoms with Gasteiger partial charge in [0.25, 0.3) is 0 Å². The van der Waals surface area contributed by atoms with Gasteiger partial charge in [-0.25, -0.2) is 4.98 Å². The molecule has 0 saturated heterocycles. The highest BCUT2D eigenvalue weighted by Gasteiger charge is 2.05. The predicted molar refractivity (Wildman–Crippen MR) is 69.1 cm³/mol. The van der Waals surface area contributed by atoms with Crippen molar-refractivity contribution in [3.05, 3.63) is 52.1 Å². The maximum Gasteiger partial charge on any atom is 0.233 e. The minimum Gasteiger partial charge on any atom is -0.438 e. The Kier molecular flexibility index (Phi) is 3.76. The van der Waals surface area contributed by atoms with Crippen molar-refractivity contribution in [2.75, 3.05) is 0 Å². The van der Waals surface area contributed by atoms with Crippen molar-refractivity contribution in [2.24, 2.45) is 0 Å². The molecule has 4 heteroatoms. The summed E-state index contributed by atoms with van der Waals surface area (Å²) in [5.41, 5.74) is 1.87. The smallest absolute Gasteiger partial charge is 0.233 e. The zero-order valence-corrected chi connectivity index (χ0v) is 10.9. The average molecular weight is 294 g/mol. The van der Waals surface area contributed by atoms with Gasteiger partial charge >= 0.3 is 0 Å². The lowest BCUT2D eigenvalue weighted by atomic mass is 10.2. The summed E-state index contributed by atoms with van der Waals surface area (Å²) in [5, 5.41) is 9.04. The van der Waals surface area contributed by atoms with Gasteiger partial charge in [-0.1, -0.05) is 12.1 Å². The maximum absolute atomic E-state index is 9.04. The molecule has 0 aliphatic carbocycles. The number of hydrogen-bond donors (Lipinski definition) is 1. The van der Waals surface area contributed by atoms with Crippen molar-refractivity contribution >= 4 is 15.9 Å². The summed E-state index contributed by atoms with van der Waals surface area (Å²) in [7, 11) is 0. The first-order valence-electron chi connectivity index (χ1n) is 5.19. The van der Waals surface area contributed by atoms with Crippen molar-refractivity contribution in [3.63, 3.8) is 0 Å². The molecule has 88 valence electrons. The van der Waals surface area contributed by atoms with E-state index in [1.807, 2.05) is 31.2 Å². The number of aliphatic hydroxyl groups excluding tert-OH is 1. The van der Waals surface area contributed by atoms with E-state index in [-0.39, 0.29) is 6.61 Å². The lowest BCUT2D eigenvalue weighted by Crippen LogP contribution is -1.91. The lowest BCUT2D eigenvalue weighted by Gasteiger charge is -2.07. The molecule has 0 radical (unpaired) electrons. The van der Waals surface area contributed by atoms with Crippen molar-refractivity contribution < 1.29 is 9.84 Å². The van der Waals surface area contributed by atoms with Crippen LogP contribution in [0.3, 0.4) is 0 Å². The highest BCUT2D eigenvalue weighted by Crippen LogP contribution is 2.28. The van der Waals surface area contributed by atoms with E-state index in [0.29, 0.717) is 11.6 Å². The largest absolute Gasteiger partial charge is 0.438 e. The standard InChI is InChI=1S/C13H12BrNO2/c1-9-5-12(14)13(15-7-9)17-11-4-2-3-10(6-11)8-16/h2-7,16H,8H2,1H3. The Labute approximate surface area is 108 Å². The lowest BCUT2D eigenvalue weighted by molar-refractivity contribution is 0.281. The molecule has 1 N–H and O–H groups in total. The first-order valence-corrected chi connectivity index (χ1v) is 5.98. The van der Waals surface area contributed by atoms with E-state index in [9.17, 15) is 0 Å². The molecule has 3 nitrogen and oxygen atoms in total. The summed E-state index contributed by atoms with van der Waals surface area (Å²) in [5.74, 6) is 1.18. The Balaban J connectivity index is 2.25.